The second kappa shape index (κ2) is 8.90. The third kappa shape index (κ3) is 5.46. The predicted octanol–water partition coefficient (Wildman–Crippen LogP) is 4.93. The van der Waals surface area contributed by atoms with Crippen molar-refractivity contribution in [1.29, 1.82) is 0 Å². The van der Waals surface area contributed by atoms with E-state index in [-0.39, 0.29) is 0 Å². The first-order valence-electron chi connectivity index (χ1n) is 9.87. The van der Waals surface area contributed by atoms with Gasteiger partial charge in [0.25, 0.3) is 0 Å². The van der Waals surface area contributed by atoms with Crippen molar-refractivity contribution in [2.45, 2.75) is 59.8 Å². The first-order chi connectivity index (χ1) is 13.0. The number of nitrogens with zero attached hydrogens (tertiary/aromatic N) is 3. The van der Waals surface area contributed by atoms with Crippen molar-refractivity contribution < 1.29 is 0 Å². The van der Waals surface area contributed by atoms with Crippen LogP contribution in [0.25, 0.3) is 0 Å². The van der Waals surface area contributed by atoms with E-state index in [0.717, 1.165) is 49.2 Å². The Hall–Kier alpha value is -2.55. The van der Waals surface area contributed by atoms with Gasteiger partial charge in [0.1, 0.15) is 0 Å². The standard InChI is InChI=1S/C24H29N3/c1-5-22-15-20(12-13-25-22)8-10-23-16-21(14-19(4)26-23)9-11-24-17(2)6-7-18(3)27-24/h6-7,12-16H,5,8-11H2,1-4H3. The summed E-state index contributed by atoms with van der Waals surface area (Å²) in [5, 5.41) is 0. The van der Waals surface area contributed by atoms with E-state index >= 15 is 0 Å². The van der Waals surface area contributed by atoms with Crippen molar-refractivity contribution >= 4 is 0 Å². The molecule has 3 heteroatoms. The molecule has 27 heavy (non-hydrogen) atoms. The molecule has 0 aliphatic rings. The molecule has 0 spiro atoms. The molecule has 0 radical (unpaired) electrons. The summed E-state index contributed by atoms with van der Waals surface area (Å²) in [4.78, 5) is 13.8. The molecule has 0 N–H and O–H groups in total. The summed E-state index contributed by atoms with van der Waals surface area (Å²) in [6.45, 7) is 8.43. The van der Waals surface area contributed by atoms with Crippen molar-refractivity contribution in [3.8, 4) is 0 Å². The maximum Gasteiger partial charge on any atom is 0.0439 e. The molecule has 0 atom stereocenters. The van der Waals surface area contributed by atoms with Crippen LogP contribution in [0.4, 0.5) is 0 Å². The summed E-state index contributed by atoms with van der Waals surface area (Å²) in [6.07, 6.45) is 6.84. The SMILES string of the molecule is CCc1cc(CCc2cc(CCc3nc(C)ccc3C)cc(C)n2)ccn1. The molecule has 0 aromatic carbocycles. The molecule has 0 saturated heterocycles. The number of pyridine rings is 3. The molecule has 3 aromatic rings. The predicted molar refractivity (Wildman–Crippen MR) is 111 cm³/mol. The topological polar surface area (TPSA) is 38.7 Å². The lowest BCUT2D eigenvalue weighted by molar-refractivity contribution is 0.858. The minimum Gasteiger partial charge on any atom is -0.261 e. The zero-order chi connectivity index (χ0) is 19.2. The van der Waals surface area contributed by atoms with E-state index in [9.17, 15) is 0 Å². The highest BCUT2D eigenvalue weighted by Gasteiger charge is 2.06. The molecule has 0 saturated carbocycles. The molecule has 3 nitrogen and oxygen atoms in total. The Morgan fingerprint density at radius 1 is 0.704 bits per heavy atom. The van der Waals surface area contributed by atoms with Crippen molar-refractivity contribution in [1.82, 2.24) is 15.0 Å². The van der Waals surface area contributed by atoms with E-state index in [1.165, 1.54) is 28.1 Å². The summed E-state index contributed by atoms with van der Waals surface area (Å²) in [7, 11) is 0. The van der Waals surface area contributed by atoms with Crippen molar-refractivity contribution in [2.75, 3.05) is 0 Å². The highest BCUT2D eigenvalue weighted by molar-refractivity contribution is 5.26. The maximum atomic E-state index is 4.75. The Bertz CT molecular complexity index is 915. The highest BCUT2D eigenvalue weighted by Crippen LogP contribution is 2.14. The highest BCUT2D eigenvalue weighted by atomic mass is 14.7. The van der Waals surface area contributed by atoms with E-state index in [0.29, 0.717) is 0 Å². The van der Waals surface area contributed by atoms with Gasteiger partial charge in [-0.3, -0.25) is 15.0 Å². The summed E-state index contributed by atoms with van der Waals surface area (Å²) >= 11 is 0. The fourth-order valence-electron chi connectivity index (χ4n) is 3.43. The van der Waals surface area contributed by atoms with Crippen LogP contribution in [0.15, 0.2) is 42.6 Å². The number of hydrogen-bond donors (Lipinski definition) is 0. The summed E-state index contributed by atoms with van der Waals surface area (Å²) in [5.74, 6) is 0. The molecule has 0 bridgehead atoms. The molecular weight excluding hydrogens is 330 g/mol. The van der Waals surface area contributed by atoms with Crippen molar-refractivity contribution in [3.63, 3.8) is 0 Å². The summed E-state index contributed by atoms with van der Waals surface area (Å²) in [5.41, 5.74) is 9.69. The molecular formula is C24H29N3. The Morgan fingerprint density at radius 3 is 2.30 bits per heavy atom. The molecule has 3 rings (SSSR count). The Labute approximate surface area is 162 Å². The Balaban J connectivity index is 1.67. The largest absolute Gasteiger partial charge is 0.261 e. The van der Waals surface area contributed by atoms with Gasteiger partial charge in [-0.1, -0.05) is 13.0 Å². The third-order valence-corrected chi connectivity index (χ3v) is 4.97. The molecule has 3 aromatic heterocycles. The van der Waals surface area contributed by atoms with Gasteiger partial charge < -0.3 is 0 Å². The van der Waals surface area contributed by atoms with Crippen LogP contribution in [0.2, 0.25) is 0 Å². The molecule has 140 valence electrons. The number of aromatic nitrogens is 3. The normalized spacial score (nSPS) is 11.0. The lowest BCUT2D eigenvalue weighted by Crippen LogP contribution is -2.02. The smallest absolute Gasteiger partial charge is 0.0439 e. The monoisotopic (exact) mass is 359 g/mol. The zero-order valence-electron chi connectivity index (χ0n) is 16.9. The average Bonchev–Trinajstić information content (AvgIpc) is 2.67. The summed E-state index contributed by atoms with van der Waals surface area (Å²) < 4.78 is 0. The van der Waals surface area contributed by atoms with Gasteiger partial charge in [0.15, 0.2) is 0 Å². The maximum absolute atomic E-state index is 4.75. The third-order valence-electron chi connectivity index (χ3n) is 4.97. The van der Waals surface area contributed by atoms with Crippen LogP contribution >= 0.6 is 0 Å². The number of aryl methyl sites for hydroxylation is 8. The van der Waals surface area contributed by atoms with Crippen LogP contribution in [0.5, 0.6) is 0 Å². The van der Waals surface area contributed by atoms with Gasteiger partial charge in [0.05, 0.1) is 0 Å². The minimum absolute atomic E-state index is 0.962. The first kappa shape index (κ1) is 19.2. The number of hydrogen-bond acceptors (Lipinski definition) is 3. The lowest BCUT2D eigenvalue weighted by atomic mass is 10.0. The quantitative estimate of drug-likeness (QED) is 0.600. The van der Waals surface area contributed by atoms with Gasteiger partial charge in [-0.2, -0.15) is 0 Å². The fraction of sp³-hybridized carbons (Fsp3) is 0.375. The van der Waals surface area contributed by atoms with Crippen LogP contribution in [0.3, 0.4) is 0 Å². The lowest BCUT2D eigenvalue weighted by Gasteiger charge is -2.09. The number of rotatable bonds is 7. The molecule has 0 unspecified atom stereocenters. The first-order valence-corrected chi connectivity index (χ1v) is 9.87. The van der Waals surface area contributed by atoms with E-state index < -0.39 is 0 Å². The molecule has 0 fully saturated rings. The van der Waals surface area contributed by atoms with Gasteiger partial charge in [-0.15, -0.1) is 0 Å². The Kier molecular flexibility index (Phi) is 6.33. The minimum atomic E-state index is 0.962. The van der Waals surface area contributed by atoms with E-state index in [1.54, 1.807) is 0 Å². The summed E-state index contributed by atoms with van der Waals surface area (Å²) in [6, 6.07) is 13.0. The van der Waals surface area contributed by atoms with Crippen LogP contribution in [-0.4, -0.2) is 15.0 Å². The fourth-order valence-corrected chi connectivity index (χ4v) is 3.43. The Morgan fingerprint density at radius 2 is 1.48 bits per heavy atom. The van der Waals surface area contributed by atoms with Gasteiger partial charge in [-0.05, 0) is 99.9 Å². The van der Waals surface area contributed by atoms with Crippen LogP contribution in [0.1, 0.15) is 52.1 Å². The molecule has 0 aliphatic heterocycles. The molecule has 0 aliphatic carbocycles. The second-order valence-corrected chi connectivity index (χ2v) is 7.33. The average molecular weight is 360 g/mol. The second-order valence-electron chi connectivity index (χ2n) is 7.33. The van der Waals surface area contributed by atoms with Crippen LogP contribution < -0.4 is 0 Å². The van der Waals surface area contributed by atoms with E-state index in [4.69, 9.17) is 9.97 Å². The van der Waals surface area contributed by atoms with Crippen LogP contribution in [-0.2, 0) is 32.1 Å². The van der Waals surface area contributed by atoms with Crippen molar-refractivity contribution in [2.24, 2.45) is 0 Å². The van der Waals surface area contributed by atoms with Gasteiger partial charge in [-0.25, -0.2) is 0 Å². The molecule has 0 amide bonds. The van der Waals surface area contributed by atoms with Crippen LogP contribution in [0, 0.1) is 20.8 Å². The van der Waals surface area contributed by atoms with E-state index in [2.05, 4.69) is 69.1 Å². The van der Waals surface area contributed by atoms with Gasteiger partial charge >= 0.3 is 0 Å². The molecule has 3 heterocycles. The van der Waals surface area contributed by atoms with Gasteiger partial charge in [0.2, 0.25) is 0 Å². The zero-order valence-corrected chi connectivity index (χ0v) is 16.9. The van der Waals surface area contributed by atoms with Crippen molar-refractivity contribution in [3.05, 3.63) is 87.8 Å². The van der Waals surface area contributed by atoms with Gasteiger partial charge in [0, 0.05) is 34.7 Å². The van der Waals surface area contributed by atoms with E-state index in [1.807, 2.05) is 6.20 Å².